The zero-order valence-corrected chi connectivity index (χ0v) is 13.3. The van der Waals surface area contributed by atoms with Gasteiger partial charge in [0, 0.05) is 33.1 Å². The highest BCUT2D eigenvalue weighted by molar-refractivity contribution is 5.76. The average Bonchev–Trinajstić information content (AvgIpc) is 2.34. The van der Waals surface area contributed by atoms with Crippen LogP contribution < -0.4 is 5.73 Å². The number of likely N-dealkylation sites (tertiary alicyclic amines) is 1. The molecule has 4 heteroatoms. The molecule has 1 saturated heterocycles. The summed E-state index contributed by atoms with van der Waals surface area (Å²) in [5.74, 6) is 0.958. The normalized spacial score (nSPS) is 20.3. The van der Waals surface area contributed by atoms with Crippen LogP contribution in [-0.2, 0) is 4.79 Å². The van der Waals surface area contributed by atoms with Crippen molar-refractivity contribution in [3.63, 3.8) is 0 Å². The summed E-state index contributed by atoms with van der Waals surface area (Å²) in [4.78, 5) is 15.9. The van der Waals surface area contributed by atoms with E-state index in [0.29, 0.717) is 18.4 Å². The van der Waals surface area contributed by atoms with Crippen molar-refractivity contribution >= 4 is 5.91 Å². The van der Waals surface area contributed by atoms with Crippen LogP contribution in [0, 0.1) is 11.3 Å². The molecule has 1 amide bonds. The zero-order valence-electron chi connectivity index (χ0n) is 13.3. The SMILES string of the molecule is CN(C)C(=O)CC(CN)N1CCC(C(C)(C)C)CC1. The van der Waals surface area contributed by atoms with Gasteiger partial charge in [-0.05, 0) is 37.3 Å². The Balaban J connectivity index is 2.50. The lowest BCUT2D eigenvalue weighted by atomic mass is 9.75. The number of piperidine rings is 1. The molecule has 19 heavy (non-hydrogen) atoms. The number of nitrogens with two attached hydrogens (primary N) is 1. The van der Waals surface area contributed by atoms with Crippen LogP contribution in [0.3, 0.4) is 0 Å². The molecule has 1 heterocycles. The summed E-state index contributed by atoms with van der Waals surface area (Å²) < 4.78 is 0. The lowest BCUT2D eigenvalue weighted by molar-refractivity contribution is -0.130. The molecule has 1 aliphatic heterocycles. The van der Waals surface area contributed by atoms with Crippen LogP contribution in [0.25, 0.3) is 0 Å². The maximum atomic E-state index is 11.8. The summed E-state index contributed by atoms with van der Waals surface area (Å²) in [7, 11) is 3.61. The smallest absolute Gasteiger partial charge is 0.223 e. The van der Waals surface area contributed by atoms with Gasteiger partial charge in [0.1, 0.15) is 0 Å². The lowest BCUT2D eigenvalue weighted by Gasteiger charge is -2.41. The van der Waals surface area contributed by atoms with Crippen LogP contribution in [0.5, 0.6) is 0 Å². The van der Waals surface area contributed by atoms with Crippen molar-refractivity contribution < 1.29 is 4.79 Å². The van der Waals surface area contributed by atoms with Crippen LogP contribution in [0.1, 0.15) is 40.0 Å². The van der Waals surface area contributed by atoms with Gasteiger partial charge in [-0.25, -0.2) is 0 Å². The summed E-state index contributed by atoms with van der Waals surface area (Å²) in [5.41, 5.74) is 6.25. The Morgan fingerprint density at radius 2 is 1.84 bits per heavy atom. The molecule has 4 nitrogen and oxygen atoms in total. The van der Waals surface area contributed by atoms with Gasteiger partial charge in [0.2, 0.25) is 5.91 Å². The predicted molar refractivity (Wildman–Crippen MR) is 79.9 cm³/mol. The molecule has 0 radical (unpaired) electrons. The first kappa shape index (κ1) is 16.4. The van der Waals surface area contributed by atoms with E-state index in [1.165, 1.54) is 12.8 Å². The maximum absolute atomic E-state index is 11.8. The monoisotopic (exact) mass is 269 g/mol. The highest BCUT2D eigenvalue weighted by Gasteiger charge is 2.31. The average molecular weight is 269 g/mol. The Kier molecular flexibility index (Phi) is 5.81. The molecule has 0 aliphatic carbocycles. The lowest BCUT2D eigenvalue weighted by Crippen LogP contribution is -2.48. The van der Waals surface area contributed by atoms with E-state index in [-0.39, 0.29) is 11.9 Å². The summed E-state index contributed by atoms with van der Waals surface area (Å²) in [6.45, 7) is 9.69. The van der Waals surface area contributed by atoms with Crippen molar-refractivity contribution in [2.24, 2.45) is 17.1 Å². The van der Waals surface area contributed by atoms with Gasteiger partial charge < -0.3 is 10.6 Å². The number of carbonyl (C=O) groups excluding carboxylic acids is 1. The number of hydrogen-bond donors (Lipinski definition) is 1. The molecule has 1 fully saturated rings. The second kappa shape index (κ2) is 6.71. The van der Waals surface area contributed by atoms with Crippen LogP contribution in [0.4, 0.5) is 0 Å². The molecule has 0 aromatic heterocycles. The van der Waals surface area contributed by atoms with Crippen molar-refractivity contribution in [3.8, 4) is 0 Å². The Morgan fingerprint density at radius 3 is 2.21 bits per heavy atom. The third kappa shape index (κ3) is 4.77. The van der Waals surface area contributed by atoms with E-state index in [1.54, 1.807) is 4.90 Å². The maximum Gasteiger partial charge on any atom is 0.223 e. The van der Waals surface area contributed by atoms with Gasteiger partial charge >= 0.3 is 0 Å². The first-order valence-corrected chi connectivity index (χ1v) is 7.40. The molecule has 0 bridgehead atoms. The molecular weight excluding hydrogens is 238 g/mol. The highest BCUT2D eigenvalue weighted by Crippen LogP contribution is 2.34. The van der Waals surface area contributed by atoms with Gasteiger partial charge in [0.25, 0.3) is 0 Å². The Labute approximate surface area is 118 Å². The summed E-state index contributed by atoms with van der Waals surface area (Å²) in [6, 6.07) is 0.204. The number of nitrogens with zero attached hydrogens (tertiary/aromatic N) is 2. The fraction of sp³-hybridized carbons (Fsp3) is 0.933. The van der Waals surface area contributed by atoms with Crippen molar-refractivity contribution in [3.05, 3.63) is 0 Å². The molecule has 112 valence electrons. The van der Waals surface area contributed by atoms with Gasteiger partial charge in [-0.15, -0.1) is 0 Å². The molecule has 0 aromatic carbocycles. The second-order valence-corrected chi connectivity index (χ2v) is 7.06. The van der Waals surface area contributed by atoms with Gasteiger partial charge in [0.05, 0.1) is 0 Å². The quantitative estimate of drug-likeness (QED) is 0.842. The minimum absolute atomic E-state index is 0.174. The van der Waals surface area contributed by atoms with E-state index < -0.39 is 0 Å². The van der Waals surface area contributed by atoms with Crippen LogP contribution in [0.2, 0.25) is 0 Å². The number of hydrogen-bond acceptors (Lipinski definition) is 3. The molecule has 1 unspecified atom stereocenters. The minimum atomic E-state index is 0.174. The van der Waals surface area contributed by atoms with E-state index in [2.05, 4.69) is 25.7 Å². The second-order valence-electron chi connectivity index (χ2n) is 7.06. The van der Waals surface area contributed by atoms with E-state index in [4.69, 9.17) is 5.73 Å². The molecule has 0 aromatic rings. The fourth-order valence-electron chi connectivity index (χ4n) is 2.88. The van der Waals surface area contributed by atoms with Gasteiger partial charge in [-0.2, -0.15) is 0 Å². The van der Waals surface area contributed by atoms with Crippen molar-refractivity contribution in [1.82, 2.24) is 9.80 Å². The molecule has 0 saturated carbocycles. The van der Waals surface area contributed by atoms with Crippen LogP contribution in [0.15, 0.2) is 0 Å². The standard InChI is InChI=1S/C15H31N3O/c1-15(2,3)12-6-8-18(9-7-12)13(11-16)10-14(19)17(4)5/h12-13H,6-11,16H2,1-5H3. The topological polar surface area (TPSA) is 49.6 Å². The molecule has 1 rings (SSSR count). The number of rotatable bonds is 4. The van der Waals surface area contributed by atoms with Gasteiger partial charge in [-0.3, -0.25) is 9.69 Å². The third-order valence-electron chi connectivity index (χ3n) is 4.45. The Bertz CT molecular complexity index is 288. The fourth-order valence-corrected chi connectivity index (χ4v) is 2.88. The van der Waals surface area contributed by atoms with Crippen molar-refractivity contribution in [1.29, 1.82) is 0 Å². The first-order valence-electron chi connectivity index (χ1n) is 7.40. The van der Waals surface area contributed by atoms with Gasteiger partial charge in [-0.1, -0.05) is 20.8 Å². The predicted octanol–water partition coefficient (Wildman–Crippen LogP) is 1.55. The van der Waals surface area contributed by atoms with Crippen LogP contribution in [-0.4, -0.2) is 55.5 Å². The van der Waals surface area contributed by atoms with Crippen molar-refractivity contribution in [2.45, 2.75) is 46.1 Å². The molecule has 1 aliphatic rings. The molecule has 1 atom stereocenters. The summed E-state index contributed by atoms with van der Waals surface area (Å²) in [5, 5.41) is 0. The van der Waals surface area contributed by atoms with E-state index in [9.17, 15) is 4.79 Å². The van der Waals surface area contributed by atoms with Crippen molar-refractivity contribution in [2.75, 3.05) is 33.7 Å². The number of carbonyl (C=O) groups is 1. The summed E-state index contributed by atoms with van der Waals surface area (Å²) >= 11 is 0. The highest BCUT2D eigenvalue weighted by atomic mass is 16.2. The molecule has 2 N–H and O–H groups in total. The molecule has 0 spiro atoms. The Hall–Kier alpha value is -0.610. The number of amides is 1. The third-order valence-corrected chi connectivity index (χ3v) is 4.45. The minimum Gasteiger partial charge on any atom is -0.349 e. The largest absolute Gasteiger partial charge is 0.349 e. The first-order chi connectivity index (χ1) is 8.75. The van der Waals surface area contributed by atoms with E-state index in [0.717, 1.165) is 19.0 Å². The zero-order chi connectivity index (χ0) is 14.6. The van der Waals surface area contributed by atoms with E-state index >= 15 is 0 Å². The molecular formula is C15H31N3O. The Morgan fingerprint density at radius 1 is 1.32 bits per heavy atom. The van der Waals surface area contributed by atoms with Crippen LogP contribution >= 0.6 is 0 Å². The summed E-state index contributed by atoms with van der Waals surface area (Å²) in [6.07, 6.45) is 2.98. The van der Waals surface area contributed by atoms with E-state index in [1.807, 2.05) is 14.1 Å². The van der Waals surface area contributed by atoms with Gasteiger partial charge in [0.15, 0.2) is 0 Å².